The third-order valence-corrected chi connectivity index (χ3v) is 4.27. The molecule has 2 aliphatic rings. The smallest absolute Gasteiger partial charge is 0.132 e. The van der Waals surface area contributed by atoms with E-state index in [1.807, 2.05) is 0 Å². The molecule has 14 heavy (non-hydrogen) atoms. The van der Waals surface area contributed by atoms with E-state index >= 15 is 0 Å². The molecule has 3 unspecified atom stereocenters. The molecule has 0 radical (unpaired) electrons. The van der Waals surface area contributed by atoms with Crippen molar-refractivity contribution in [3.63, 3.8) is 0 Å². The zero-order chi connectivity index (χ0) is 10.1. The Morgan fingerprint density at radius 3 is 2.29 bits per heavy atom. The SMILES string of the molecule is CC1C(O)CCC1C1CCC(=O)CC1. The first-order chi connectivity index (χ1) is 6.68. The van der Waals surface area contributed by atoms with Crippen molar-refractivity contribution in [1.82, 2.24) is 0 Å². The number of hydrogen-bond acceptors (Lipinski definition) is 2. The van der Waals surface area contributed by atoms with Crippen molar-refractivity contribution < 1.29 is 9.90 Å². The molecule has 1 N–H and O–H groups in total. The summed E-state index contributed by atoms with van der Waals surface area (Å²) in [6.07, 6.45) is 5.75. The second-order valence-electron chi connectivity index (χ2n) is 5.04. The number of aliphatic hydroxyl groups is 1. The fourth-order valence-corrected chi connectivity index (χ4v) is 3.23. The maximum Gasteiger partial charge on any atom is 0.132 e. The lowest BCUT2D eigenvalue weighted by atomic mass is 9.75. The Morgan fingerprint density at radius 1 is 1.14 bits per heavy atom. The van der Waals surface area contributed by atoms with E-state index in [1.54, 1.807) is 0 Å². The zero-order valence-corrected chi connectivity index (χ0v) is 8.91. The van der Waals surface area contributed by atoms with Gasteiger partial charge in [-0.05, 0) is 43.4 Å². The summed E-state index contributed by atoms with van der Waals surface area (Å²) in [5.74, 6) is 2.28. The minimum Gasteiger partial charge on any atom is -0.393 e. The van der Waals surface area contributed by atoms with E-state index in [9.17, 15) is 9.90 Å². The van der Waals surface area contributed by atoms with Crippen LogP contribution in [0.3, 0.4) is 0 Å². The topological polar surface area (TPSA) is 37.3 Å². The van der Waals surface area contributed by atoms with Crippen molar-refractivity contribution in [2.75, 3.05) is 0 Å². The van der Waals surface area contributed by atoms with Crippen LogP contribution in [0.5, 0.6) is 0 Å². The van der Waals surface area contributed by atoms with E-state index in [-0.39, 0.29) is 6.10 Å². The predicted molar refractivity (Wildman–Crippen MR) is 54.9 cm³/mol. The lowest BCUT2D eigenvalue weighted by Gasteiger charge is -2.30. The average molecular weight is 196 g/mol. The number of aliphatic hydroxyl groups excluding tert-OH is 1. The van der Waals surface area contributed by atoms with Gasteiger partial charge in [0.15, 0.2) is 0 Å². The maximum atomic E-state index is 11.1. The predicted octanol–water partition coefficient (Wildman–Crippen LogP) is 2.15. The van der Waals surface area contributed by atoms with E-state index in [4.69, 9.17) is 0 Å². The Kier molecular flexibility index (Phi) is 2.91. The van der Waals surface area contributed by atoms with E-state index < -0.39 is 0 Å². The van der Waals surface area contributed by atoms with Gasteiger partial charge in [0.25, 0.3) is 0 Å². The Morgan fingerprint density at radius 2 is 1.79 bits per heavy atom. The van der Waals surface area contributed by atoms with Crippen LogP contribution < -0.4 is 0 Å². The van der Waals surface area contributed by atoms with Gasteiger partial charge in [0.2, 0.25) is 0 Å². The van der Waals surface area contributed by atoms with Gasteiger partial charge in [-0.25, -0.2) is 0 Å². The van der Waals surface area contributed by atoms with E-state index in [1.165, 1.54) is 6.42 Å². The second kappa shape index (κ2) is 4.01. The van der Waals surface area contributed by atoms with Crippen molar-refractivity contribution in [2.24, 2.45) is 17.8 Å². The first kappa shape index (κ1) is 10.2. The monoisotopic (exact) mass is 196 g/mol. The maximum absolute atomic E-state index is 11.1. The number of hydrogen-bond donors (Lipinski definition) is 1. The summed E-state index contributed by atoms with van der Waals surface area (Å²) >= 11 is 0. The molecule has 0 aromatic heterocycles. The summed E-state index contributed by atoms with van der Waals surface area (Å²) in [7, 11) is 0. The van der Waals surface area contributed by atoms with Gasteiger partial charge in [-0.1, -0.05) is 6.92 Å². The van der Waals surface area contributed by atoms with Gasteiger partial charge in [0.05, 0.1) is 6.10 Å². The third kappa shape index (κ3) is 1.85. The highest BCUT2D eigenvalue weighted by molar-refractivity contribution is 5.79. The Bertz CT molecular complexity index is 214. The minimum absolute atomic E-state index is 0.0855. The quantitative estimate of drug-likeness (QED) is 0.697. The van der Waals surface area contributed by atoms with Gasteiger partial charge < -0.3 is 5.11 Å². The molecule has 80 valence electrons. The van der Waals surface area contributed by atoms with Gasteiger partial charge in [0, 0.05) is 12.8 Å². The van der Waals surface area contributed by atoms with Crippen LogP contribution in [0, 0.1) is 17.8 Å². The third-order valence-electron chi connectivity index (χ3n) is 4.27. The molecule has 2 heteroatoms. The van der Waals surface area contributed by atoms with Crippen LogP contribution in [0.4, 0.5) is 0 Å². The van der Waals surface area contributed by atoms with E-state index in [2.05, 4.69) is 6.92 Å². The van der Waals surface area contributed by atoms with E-state index in [0.29, 0.717) is 23.5 Å². The zero-order valence-electron chi connectivity index (χ0n) is 8.91. The first-order valence-electron chi connectivity index (χ1n) is 5.88. The molecule has 0 spiro atoms. The van der Waals surface area contributed by atoms with Crippen LogP contribution in [-0.2, 0) is 4.79 Å². The van der Waals surface area contributed by atoms with Crippen molar-refractivity contribution in [2.45, 2.75) is 51.6 Å². The number of ketones is 1. The molecule has 2 rings (SSSR count). The van der Waals surface area contributed by atoms with Crippen molar-refractivity contribution in [3.05, 3.63) is 0 Å². The molecule has 0 aliphatic heterocycles. The Hall–Kier alpha value is -0.370. The van der Waals surface area contributed by atoms with Crippen LogP contribution in [0.25, 0.3) is 0 Å². The molecular weight excluding hydrogens is 176 g/mol. The van der Waals surface area contributed by atoms with Crippen LogP contribution in [0.2, 0.25) is 0 Å². The molecule has 0 bridgehead atoms. The summed E-state index contributed by atoms with van der Waals surface area (Å²) < 4.78 is 0. The lowest BCUT2D eigenvalue weighted by Crippen LogP contribution is -2.26. The number of rotatable bonds is 1. The van der Waals surface area contributed by atoms with Crippen LogP contribution in [0.15, 0.2) is 0 Å². The minimum atomic E-state index is -0.0855. The van der Waals surface area contributed by atoms with Crippen LogP contribution in [0.1, 0.15) is 45.4 Å². The molecule has 2 fully saturated rings. The molecule has 2 saturated carbocycles. The van der Waals surface area contributed by atoms with Crippen molar-refractivity contribution in [1.29, 1.82) is 0 Å². The Balaban J connectivity index is 1.92. The summed E-state index contributed by atoms with van der Waals surface area (Å²) in [4.78, 5) is 11.1. The average Bonchev–Trinajstić information content (AvgIpc) is 2.50. The highest BCUT2D eigenvalue weighted by Gasteiger charge is 2.37. The standard InChI is InChI=1S/C12H20O2/c1-8-11(6-7-12(8)14)9-2-4-10(13)5-3-9/h8-9,11-12,14H,2-7H2,1H3. The molecule has 0 amide bonds. The van der Waals surface area contributed by atoms with Gasteiger partial charge in [-0.15, -0.1) is 0 Å². The first-order valence-corrected chi connectivity index (χ1v) is 5.88. The Labute approximate surface area is 85.7 Å². The second-order valence-corrected chi connectivity index (χ2v) is 5.04. The summed E-state index contributed by atoms with van der Waals surface area (Å²) in [5, 5.41) is 9.68. The van der Waals surface area contributed by atoms with Gasteiger partial charge in [-0.2, -0.15) is 0 Å². The largest absolute Gasteiger partial charge is 0.393 e. The van der Waals surface area contributed by atoms with E-state index in [0.717, 1.165) is 32.1 Å². The number of carbonyl (C=O) groups excluding carboxylic acids is 1. The van der Waals surface area contributed by atoms with Crippen LogP contribution in [-0.4, -0.2) is 17.0 Å². The van der Waals surface area contributed by atoms with Crippen molar-refractivity contribution in [3.8, 4) is 0 Å². The molecular formula is C12H20O2. The number of Topliss-reactive ketones (excluding diaryl/α,β-unsaturated/α-hetero) is 1. The molecule has 2 aliphatic carbocycles. The summed E-state index contributed by atoms with van der Waals surface area (Å²) in [6.45, 7) is 2.17. The molecule has 3 atom stereocenters. The fourth-order valence-electron chi connectivity index (χ4n) is 3.23. The van der Waals surface area contributed by atoms with Gasteiger partial charge in [-0.3, -0.25) is 4.79 Å². The molecule has 0 aromatic carbocycles. The highest BCUT2D eigenvalue weighted by Crippen LogP contribution is 2.42. The summed E-state index contributed by atoms with van der Waals surface area (Å²) in [6, 6.07) is 0. The van der Waals surface area contributed by atoms with Gasteiger partial charge in [0.1, 0.15) is 5.78 Å². The fraction of sp³-hybridized carbons (Fsp3) is 0.917. The molecule has 2 nitrogen and oxygen atoms in total. The normalized spacial score (nSPS) is 40.4. The molecule has 0 heterocycles. The molecule has 0 saturated heterocycles. The van der Waals surface area contributed by atoms with Crippen LogP contribution >= 0.6 is 0 Å². The lowest BCUT2D eigenvalue weighted by molar-refractivity contribution is -0.121. The number of carbonyl (C=O) groups is 1. The molecule has 0 aromatic rings. The van der Waals surface area contributed by atoms with Gasteiger partial charge >= 0.3 is 0 Å². The summed E-state index contributed by atoms with van der Waals surface area (Å²) in [5.41, 5.74) is 0. The van der Waals surface area contributed by atoms with Crippen molar-refractivity contribution >= 4 is 5.78 Å². The highest BCUT2D eigenvalue weighted by atomic mass is 16.3.